The number of ether oxygens (including phenoxy) is 1. The molecule has 0 bridgehead atoms. The molecule has 2 aliphatic carbocycles. The van der Waals surface area contributed by atoms with E-state index in [1.54, 1.807) is 13.2 Å². The number of hydrogen-bond donors (Lipinski definition) is 2. The lowest BCUT2D eigenvalue weighted by molar-refractivity contribution is -0.110. The van der Waals surface area contributed by atoms with Crippen LogP contribution in [0, 0.1) is 0 Å². The van der Waals surface area contributed by atoms with Gasteiger partial charge in [-0.05, 0) is 84.6 Å². The molecule has 6 rings (SSSR count). The summed E-state index contributed by atoms with van der Waals surface area (Å²) in [6.07, 6.45) is 14.8. The van der Waals surface area contributed by atoms with Crippen LogP contribution < -0.4 is 10.1 Å². The third kappa shape index (κ3) is 5.96. The minimum absolute atomic E-state index is 0.0313. The number of anilines is 1. The Balaban J connectivity index is 0.000000190. The Hall–Kier alpha value is -3.53. The van der Waals surface area contributed by atoms with Crippen molar-refractivity contribution < 1.29 is 14.6 Å². The standard InChI is InChI=1S/C22H23NO2.C12H16O/c1-25-21-12-11-15(13-18(21)16-7-3-2-4-8-16)14-19-17-9-5-6-10-20(17)23-22(19)24;13-12-9-5-4-8-11(12)10-6-2-1-3-7-10/h5-6,9-14,16H,2-4,7-8H2,1H3,(H,23,24);4-5,8-10,13H,1-3,6-7H2/b19-14+;. The molecule has 3 aliphatic rings. The zero-order chi connectivity index (χ0) is 26.3. The lowest BCUT2D eigenvalue weighted by Gasteiger charge is -2.24. The zero-order valence-corrected chi connectivity index (χ0v) is 22.4. The van der Waals surface area contributed by atoms with Gasteiger partial charge in [-0.25, -0.2) is 0 Å². The topological polar surface area (TPSA) is 58.6 Å². The van der Waals surface area contributed by atoms with Crippen molar-refractivity contribution in [3.05, 3.63) is 89.0 Å². The van der Waals surface area contributed by atoms with Crippen molar-refractivity contribution in [2.24, 2.45) is 0 Å². The molecule has 4 nitrogen and oxygen atoms in total. The molecule has 0 radical (unpaired) electrons. The summed E-state index contributed by atoms with van der Waals surface area (Å²) in [6.45, 7) is 0. The highest BCUT2D eigenvalue weighted by molar-refractivity contribution is 6.34. The number of para-hydroxylation sites is 2. The van der Waals surface area contributed by atoms with Crippen molar-refractivity contribution in [2.75, 3.05) is 12.4 Å². The van der Waals surface area contributed by atoms with E-state index in [9.17, 15) is 9.90 Å². The first-order valence-corrected chi connectivity index (χ1v) is 14.2. The van der Waals surface area contributed by atoms with Crippen molar-refractivity contribution in [2.45, 2.75) is 76.0 Å². The van der Waals surface area contributed by atoms with Crippen LogP contribution in [0.2, 0.25) is 0 Å². The second kappa shape index (κ2) is 12.3. The number of methoxy groups -OCH3 is 1. The maximum absolute atomic E-state index is 12.3. The van der Waals surface area contributed by atoms with Crippen LogP contribution in [0.25, 0.3) is 11.6 Å². The minimum Gasteiger partial charge on any atom is -0.508 e. The summed E-state index contributed by atoms with van der Waals surface area (Å²) in [6, 6.07) is 21.9. The molecule has 4 heteroatoms. The molecule has 0 saturated heterocycles. The smallest absolute Gasteiger partial charge is 0.256 e. The second-order valence-corrected chi connectivity index (χ2v) is 10.8. The summed E-state index contributed by atoms with van der Waals surface area (Å²) >= 11 is 0. The summed E-state index contributed by atoms with van der Waals surface area (Å²) in [4.78, 5) is 12.3. The SMILES string of the molecule is COc1ccc(/C=C2/C(=O)Nc3ccccc32)cc1C1CCCCC1.Oc1ccccc1C1CCCCC1. The Bertz CT molecular complexity index is 1280. The molecule has 3 aromatic carbocycles. The first kappa shape index (κ1) is 26.1. The van der Waals surface area contributed by atoms with Gasteiger partial charge in [0.15, 0.2) is 0 Å². The molecule has 3 aromatic rings. The van der Waals surface area contributed by atoms with Gasteiger partial charge in [-0.3, -0.25) is 4.79 Å². The van der Waals surface area contributed by atoms with Gasteiger partial charge in [0.1, 0.15) is 11.5 Å². The predicted octanol–water partition coefficient (Wildman–Crippen LogP) is 8.68. The highest BCUT2D eigenvalue weighted by atomic mass is 16.5. The van der Waals surface area contributed by atoms with E-state index in [1.807, 2.05) is 54.6 Å². The van der Waals surface area contributed by atoms with Crippen LogP contribution in [0.3, 0.4) is 0 Å². The number of amides is 1. The van der Waals surface area contributed by atoms with Crippen LogP contribution >= 0.6 is 0 Å². The normalized spacial score (nSPS) is 18.9. The van der Waals surface area contributed by atoms with E-state index < -0.39 is 0 Å². The quantitative estimate of drug-likeness (QED) is 0.346. The number of phenolic OH excluding ortho intramolecular Hbond substituents is 1. The third-order valence-electron chi connectivity index (χ3n) is 8.30. The van der Waals surface area contributed by atoms with E-state index in [0.29, 0.717) is 17.6 Å². The van der Waals surface area contributed by atoms with Gasteiger partial charge in [-0.1, -0.05) is 81.0 Å². The van der Waals surface area contributed by atoms with Crippen molar-refractivity contribution >= 4 is 23.2 Å². The molecule has 2 N–H and O–H groups in total. The number of hydrogen-bond acceptors (Lipinski definition) is 3. The van der Waals surface area contributed by atoms with E-state index in [1.165, 1.54) is 69.8 Å². The van der Waals surface area contributed by atoms with Crippen molar-refractivity contribution in [3.63, 3.8) is 0 Å². The Kier molecular flexibility index (Phi) is 8.47. The average Bonchev–Trinajstić information content (AvgIpc) is 3.29. The zero-order valence-electron chi connectivity index (χ0n) is 22.4. The van der Waals surface area contributed by atoms with Gasteiger partial charge in [0, 0.05) is 16.8 Å². The van der Waals surface area contributed by atoms with E-state index in [2.05, 4.69) is 17.4 Å². The number of carbonyl (C=O) groups is 1. The van der Waals surface area contributed by atoms with Gasteiger partial charge in [0.2, 0.25) is 0 Å². The molecule has 38 heavy (non-hydrogen) atoms. The van der Waals surface area contributed by atoms with Crippen LogP contribution in [0.5, 0.6) is 11.5 Å². The van der Waals surface area contributed by atoms with E-state index >= 15 is 0 Å². The predicted molar refractivity (Wildman–Crippen MR) is 156 cm³/mol. The fraction of sp³-hybridized carbons (Fsp3) is 0.382. The molecular formula is C34H39NO3. The van der Waals surface area contributed by atoms with Gasteiger partial charge in [0.25, 0.3) is 5.91 Å². The fourth-order valence-corrected chi connectivity index (χ4v) is 6.27. The molecule has 0 unspecified atom stereocenters. The largest absolute Gasteiger partial charge is 0.508 e. The molecule has 198 valence electrons. The molecule has 0 aromatic heterocycles. The maximum Gasteiger partial charge on any atom is 0.256 e. The fourth-order valence-electron chi connectivity index (χ4n) is 6.27. The van der Waals surface area contributed by atoms with E-state index in [4.69, 9.17) is 4.74 Å². The van der Waals surface area contributed by atoms with E-state index in [-0.39, 0.29) is 5.91 Å². The maximum atomic E-state index is 12.3. The van der Waals surface area contributed by atoms with Gasteiger partial charge in [0.05, 0.1) is 7.11 Å². The molecule has 1 amide bonds. The summed E-state index contributed by atoms with van der Waals surface area (Å²) in [5.41, 5.74) is 6.09. The lowest BCUT2D eigenvalue weighted by Crippen LogP contribution is -2.07. The average molecular weight is 510 g/mol. The third-order valence-corrected chi connectivity index (χ3v) is 8.30. The minimum atomic E-state index is -0.0313. The number of nitrogens with one attached hydrogen (secondary N) is 1. The molecule has 1 aliphatic heterocycles. The molecular weight excluding hydrogens is 470 g/mol. The Labute approximate surface area is 226 Å². The molecule has 0 atom stereocenters. The molecule has 2 saturated carbocycles. The van der Waals surface area contributed by atoms with Gasteiger partial charge in [-0.2, -0.15) is 0 Å². The first-order chi connectivity index (χ1) is 18.6. The Morgan fingerprint density at radius 2 is 1.42 bits per heavy atom. The first-order valence-electron chi connectivity index (χ1n) is 14.2. The Morgan fingerprint density at radius 1 is 0.789 bits per heavy atom. The number of rotatable bonds is 4. The molecule has 1 heterocycles. The van der Waals surface area contributed by atoms with Crippen LogP contribution in [-0.4, -0.2) is 18.1 Å². The highest BCUT2D eigenvalue weighted by Crippen LogP contribution is 2.39. The van der Waals surface area contributed by atoms with Gasteiger partial charge >= 0.3 is 0 Å². The van der Waals surface area contributed by atoms with Gasteiger partial charge in [-0.15, -0.1) is 0 Å². The molecule has 0 spiro atoms. The Morgan fingerprint density at radius 3 is 2.11 bits per heavy atom. The number of phenols is 1. The van der Waals surface area contributed by atoms with Crippen molar-refractivity contribution in [3.8, 4) is 11.5 Å². The number of aromatic hydroxyl groups is 1. The van der Waals surface area contributed by atoms with E-state index in [0.717, 1.165) is 33.7 Å². The van der Waals surface area contributed by atoms with Crippen molar-refractivity contribution in [1.82, 2.24) is 0 Å². The molecule has 2 fully saturated rings. The highest BCUT2D eigenvalue weighted by Gasteiger charge is 2.24. The van der Waals surface area contributed by atoms with Crippen LogP contribution in [-0.2, 0) is 4.79 Å². The summed E-state index contributed by atoms with van der Waals surface area (Å²) in [5, 5.41) is 12.6. The number of benzene rings is 3. The van der Waals surface area contributed by atoms with Crippen LogP contribution in [0.1, 0.15) is 98.3 Å². The van der Waals surface area contributed by atoms with Crippen LogP contribution in [0.15, 0.2) is 66.7 Å². The second-order valence-electron chi connectivity index (χ2n) is 10.8. The lowest BCUT2D eigenvalue weighted by atomic mass is 9.83. The summed E-state index contributed by atoms with van der Waals surface area (Å²) < 4.78 is 5.60. The van der Waals surface area contributed by atoms with Gasteiger partial charge < -0.3 is 15.2 Å². The summed E-state index contributed by atoms with van der Waals surface area (Å²) in [5.74, 6) is 2.58. The number of fused-ring (bicyclic) bond motifs is 1. The van der Waals surface area contributed by atoms with Crippen molar-refractivity contribution in [1.29, 1.82) is 0 Å². The monoisotopic (exact) mass is 509 g/mol. The van der Waals surface area contributed by atoms with Crippen LogP contribution in [0.4, 0.5) is 5.69 Å². The number of carbonyl (C=O) groups excluding carboxylic acids is 1. The summed E-state index contributed by atoms with van der Waals surface area (Å²) in [7, 11) is 1.74.